The lowest BCUT2D eigenvalue weighted by molar-refractivity contribution is 0.282. The standard InChI is InChI=1S/C54H61BN2O/c1-32-28-43-47-44(29-32)57(41-24-18-36(30-35(41)4)45-33(2)16-15-17-34(45)3)42-25-21-38(52(8,9)10)31-40(42)55(47)50-48(46-49(58-50)54(13,14)27-26-53(46,11)12)56(43)39-22-19-37(20-23-39)51(5,6)7/h15-25,28-31H,26-27H2,1-14H3. The van der Waals surface area contributed by atoms with Crippen molar-refractivity contribution in [2.75, 3.05) is 9.80 Å². The normalized spacial score (nSPS) is 16.5. The third-order valence-electron chi connectivity index (χ3n) is 13.8. The molecule has 0 amide bonds. The Labute approximate surface area is 348 Å². The Balaban J connectivity index is 1.37. The number of fused-ring (bicyclic) bond motifs is 6. The number of nitrogens with zero attached hydrogens (tertiary/aromatic N) is 2. The SMILES string of the molecule is Cc1cc2c3c(c1)N(c1ccc(C(C)(C)C)cc1)c1c(oc4c1C(C)(C)CCC4(C)C)B3c1cc(C(C)(C)C)ccc1N2c1ccc(-c2c(C)cccc2C)cc1C. The molecule has 6 aromatic rings. The third kappa shape index (κ3) is 5.83. The molecule has 296 valence electrons. The summed E-state index contributed by atoms with van der Waals surface area (Å²) in [6.45, 7) is 32.5. The smallest absolute Gasteiger partial charge is 0.297 e. The van der Waals surface area contributed by atoms with E-state index < -0.39 is 0 Å². The minimum absolute atomic E-state index is 0.0239. The fraction of sp³-hybridized carbons (Fsp3) is 0.370. The Morgan fingerprint density at radius 2 is 1.17 bits per heavy atom. The number of aryl methyl sites for hydroxylation is 4. The fourth-order valence-corrected chi connectivity index (χ4v) is 10.4. The first-order valence-electron chi connectivity index (χ1n) is 21.5. The topological polar surface area (TPSA) is 19.6 Å². The van der Waals surface area contributed by atoms with Gasteiger partial charge in [-0.1, -0.05) is 118 Å². The molecule has 0 spiro atoms. The fourth-order valence-electron chi connectivity index (χ4n) is 10.4. The number of hydrogen-bond acceptors (Lipinski definition) is 3. The van der Waals surface area contributed by atoms with E-state index in [9.17, 15) is 0 Å². The minimum Gasteiger partial charge on any atom is -0.472 e. The number of benzene rings is 5. The summed E-state index contributed by atoms with van der Waals surface area (Å²) in [7, 11) is 0. The van der Waals surface area contributed by atoms with Crippen molar-refractivity contribution < 1.29 is 4.42 Å². The Morgan fingerprint density at radius 1 is 0.586 bits per heavy atom. The Morgan fingerprint density at radius 3 is 1.79 bits per heavy atom. The van der Waals surface area contributed by atoms with Gasteiger partial charge in [0.25, 0.3) is 6.71 Å². The van der Waals surface area contributed by atoms with Gasteiger partial charge in [0.05, 0.1) is 11.3 Å². The maximum Gasteiger partial charge on any atom is 0.297 e. The Hall–Kier alpha value is -4.96. The first kappa shape index (κ1) is 38.6. The molecular formula is C54H61BN2O. The summed E-state index contributed by atoms with van der Waals surface area (Å²) < 4.78 is 7.56. The lowest BCUT2D eigenvalue weighted by Crippen LogP contribution is -2.61. The summed E-state index contributed by atoms with van der Waals surface area (Å²) in [6, 6.07) is 35.2. The molecule has 3 heterocycles. The van der Waals surface area contributed by atoms with E-state index in [1.54, 1.807) is 0 Å². The molecule has 2 aliphatic heterocycles. The zero-order chi connectivity index (χ0) is 41.4. The van der Waals surface area contributed by atoms with Gasteiger partial charge in [-0.25, -0.2) is 0 Å². The first-order valence-corrected chi connectivity index (χ1v) is 21.5. The van der Waals surface area contributed by atoms with Gasteiger partial charge in [-0.2, -0.15) is 0 Å². The minimum atomic E-state index is -0.0833. The summed E-state index contributed by atoms with van der Waals surface area (Å²) in [4.78, 5) is 5.15. The van der Waals surface area contributed by atoms with E-state index in [0.717, 1.165) is 24.3 Å². The lowest BCUT2D eigenvalue weighted by atomic mass is 9.35. The molecule has 0 saturated carbocycles. The van der Waals surface area contributed by atoms with Gasteiger partial charge in [0.15, 0.2) is 0 Å². The van der Waals surface area contributed by atoms with Crippen LogP contribution in [-0.4, -0.2) is 6.71 Å². The summed E-state index contributed by atoms with van der Waals surface area (Å²) in [5, 5.41) is 0. The number of furan rings is 1. The van der Waals surface area contributed by atoms with Gasteiger partial charge in [0.1, 0.15) is 5.76 Å². The molecule has 0 N–H and O–H groups in total. The van der Waals surface area contributed by atoms with Gasteiger partial charge >= 0.3 is 0 Å². The van der Waals surface area contributed by atoms with E-state index in [1.165, 1.54) is 95.1 Å². The highest BCUT2D eigenvalue weighted by atomic mass is 16.3. The van der Waals surface area contributed by atoms with Crippen LogP contribution in [0, 0.1) is 27.7 Å². The van der Waals surface area contributed by atoms with E-state index in [1.807, 2.05) is 0 Å². The average molecular weight is 765 g/mol. The zero-order valence-corrected chi connectivity index (χ0v) is 37.5. The molecule has 0 radical (unpaired) electrons. The van der Waals surface area contributed by atoms with Crippen LogP contribution in [0.3, 0.4) is 0 Å². The van der Waals surface area contributed by atoms with Gasteiger partial charge in [0.2, 0.25) is 0 Å². The number of anilines is 6. The van der Waals surface area contributed by atoms with Crippen molar-refractivity contribution in [2.45, 2.75) is 131 Å². The first-order chi connectivity index (χ1) is 27.2. The van der Waals surface area contributed by atoms with Crippen LogP contribution < -0.4 is 26.4 Å². The van der Waals surface area contributed by atoms with E-state index in [4.69, 9.17) is 4.42 Å². The van der Waals surface area contributed by atoms with Gasteiger partial charge in [-0.3, -0.25) is 0 Å². The highest BCUT2D eigenvalue weighted by Gasteiger charge is 2.52. The lowest BCUT2D eigenvalue weighted by Gasteiger charge is -2.44. The van der Waals surface area contributed by atoms with Crippen LogP contribution in [0.15, 0.2) is 95.4 Å². The molecule has 5 aromatic carbocycles. The van der Waals surface area contributed by atoms with Crippen molar-refractivity contribution in [1.82, 2.24) is 0 Å². The summed E-state index contributed by atoms with van der Waals surface area (Å²) in [5.74, 6) is 1.16. The van der Waals surface area contributed by atoms with Crippen LogP contribution in [0.2, 0.25) is 0 Å². The number of hydrogen-bond donors (Lipinski definition) is 0. The maximum atomic E-state index is 7.56. The van der Waals surface area contributed by atoms with Gasteiger partial charge < -0.3 is 14.2 Å². The molecule has 1 aliphatic carbocycles. The second-order valence-corrected chi connectivity index (χ2v) is 21.2. The largest absolute Gasteiger partial charge is 0.472 e. The van der Waals surface area contributed by atoms with Crippen molar-refractivity contribution in [2.24, 2.45) is 0 Å². The van der Waals surface area contributed by atoms with Gasteiger partial charge in [-0.05, 0) is 155 Å². The van der Waals surface area contributed by atoms with Crippen LogP contribution in [0.5, 0.6) is 0 Å². The van der Waals surface area contributed by atoms with Crippen LogP contribution in [0.25, 0.3) is 11.1 Å². The second kappa shape index (κ2) is 12.8. The van der Waals surface area contributed by atoms with Crippen LogP contribution in [0.4, 0.5) is 34.1 Å². The third-order valence-corrected chi connectivity index (χ3v) is 13.8. The highest BCUT2D eigenvalue weighted by Crippen LogP contribution is 2.55. The second-order valence-electron chi connectivity index (χ2n) is 21.2. The Kier molecular flexibility index (Phi) is 8.49. The van der Waals surface area contributed by atoms with Crippen LogP contribution >= 0.6 is 0 Å². The quantitative estimate of drug-likeness (QED) is 0.167. The maximum absolute atomic E-state index is 7.56. The highest BCUT2D eigenvalue weighted by molar-refractivity contribution is 6.99. The zero-order valence-electron chi connectivity index (χ0n) is 37.5. The van der Waals surface area contributed by atoms with Crippen LogP contribution in [0.1, 0.15) is 127 Å². The van der Waals surface area contributed by atoms with Crippen molar-refractivity contribution in [3.63, 3.8) is 0 Å². The molecule has 0 unspecified atom stereocenters. The molecule has 3 aliphatic rings. The molecule has 0 bridgehead atoms. The molecule has 3 nitrogen and oxygen atoms in total. The van der Waals surface area contributed by atoms with Crippen molar-refractivity contribution in [3.05, 3.63) is 136 Å². The number of rotatable bonds is 3. The molecule has 0 saturated heterocycles. The monoisotopic (exact) mass is 764 g/mol. The van der Waals surface area contributed by atoms with Gasteiger partial charge in [-0.15, -0.1) is 0 Å². The van der Waals surface area contributed by atoms with Crippen LogP contribution in [-0.2, 0) is 21.7 Å². The molecule has 9 rings (SSSR count). The molecule has 0 fully saturated rings. The average Bonchev–Trinajstić information content (AvgIpc) is 3.56. The van der Waals surface area contributed by atoms with E-state index >= 15 is 0 Å². The van der Waals surface area contributed by atoms with E-state index in [0.29, 0.717) is 0 Å². The molecule has 58 heavy (non-hydrogen) atoms. The van der Waals surface area contributed by atoms with Crippen molar-refractivity contribution in [3.8, 4) is 11.1 Å². The van der Waals surface area contributed by atoms with E-state index in [2.05, 4.69) is 198 Å². The Bertz CT molecular complexity index is 2620. The molecule has 0 atom stereocenters. The van der Waals surface area contributed by atoms with Gasteiger partial charge in [0, 0.05) is 39.4 Å². The molecular weight excluding hydrogens is 703 g/mol. The molecule has 1 aromatic heterocycles. The van der Waals surface area contributed by atoms with Crippen molar-refractivity contribution >= 4 is 57.4 Å². The predicted molar refractivity (Wildman–Crippen MR) is 250 cm³/mol. The van der Waals surface area contributed by atoms with Crippen molar-refractivity contribution in [1.29, 1.82) is 0 Å². The summed E-state index contributed by atoms with van der Waals surface area (Å²) >= 11 is 0. The van der Waals surface area contributed by atoms with E-state index in [-0.39, 0.29) is 28.4 Å². The summed E-state index contributed by atoms with van der Waals surface area (Å²) in [6.07, 6.45) is 2.21. The predicted octanol–water partition coefficient (Wildman–Crippen LogP) is 13.2. The summed E-state index contributed by atoms with van der Waals surface area (Å²) in [5.41, 5.74) is 22.7. The molecule has 4 heteroatoms.